The molecule has 0 aliphatic heterocycles. The summed E-state index contributed by atoms with van der Waals surface area (Å²) in [6, 6.07) is 5.21. The molecule has 0 spiro atoms. The van der Waals surface area contributed by atoms with E-state index >= 15 is 0 Å². The molecule has 0 saturated heterocycles. The van der Waals surface area contributed by atoms with Crippen LogP contribution in [0.3, 0.4) is 0 Å². The van der Waals surface area contributed by atoms with Crippen LogP contribution in [0.25, 0.3) is 0 Å². The highest BCUT2D eigenvalue weighted by molar-refractivity contribution is 9.10. The summed E-state index contributed by atoms with van der Waals surface area (Å²) >= 11 is 3.28. The number of hydrogen-bond donors (Lipinski definition) is 2. The van der Waals surface area contributed by atoms with Gasteiger partial charge in [-0.3, -0.25) is 0 Å². The van der Waals surface area contributed by atoms with E-state index in [1.165, 1.54) is 0 Å². The highest BCUT2D eigenvalue weighted by Crippen LogP contribution is 2.20. The zero-order valence-corrected chi connectivity index (χ0v) is 13.4. The Bertz CT molecular complexity index is 503. The first-order chi connectivity index (χ1) is 8.97. The van der Waals surface area contributed by atoms with Crippen LogP contribution in [-0.2, 0) is 10.0 Å². The number of aliphatic hydroxyl groups is 1. The number of halogens is 1. The molecule has 108 valence electrons. The van der Waals surface area contributed by atoms with Crippen LogP contribution in [0.5, 0.6) is 0 Å². The van der Waals surface area contributed by atoms with Gasteiger partial charge in [0.05, 0.1) is 4.90 Å². The minimum atomic E-state index is -3.44. The second-order valence-electron chi connectivity index (χ2n) is 4.45. The van der Waals surface area contributed by atoms with Crippen LogP contribution in [0.2, 0.25) is 0 Å². The Morgan fingerprint density at radius 3 is 2.58 bits per heavy atom. The van der Waals surface area contributed by atoms with Crippen LogP contribution < -0.4 is 4.72 Å². The fourth-order valence-corrected chi connectivity index (χ4v) is 3.59. The maximum Gasteiger partial charge on any atom is 0.240 e. The monoisotopic (exact) mass is 349 g/mol. The van der Waals surface area contributed by atoms with Crippen molar-refractivity contribution in [3.8, 4) is 0 Å². The van der Waals surface area contributed by atoms with Crippen molar-refractivity contribution in [2.24, 2.45) is 0 Å². The highest BCUT2D eigenvalue weighted by Gasteiger charge is 2.16. The number of aliphatic hydroxyl groups excluding tert-OH is 1. The van der Waals surface area contributed by atoms with Crippen molar-refractivity contribution < 1.29 is 13.5 Å². The van der Waals surface area contributed by atoms with Gasteiger partial charge in [0.15, 0.2) is 0 Å². The molecule has 0 atom stereocenters. The minimum absolute atomic E-state index is 0.197. The van der Waals surface area contributed by atoms with Crippen LogP contribution in [0.15, 0.2) is 27.6 Å². The van der Waals surface area contributed by atoms with Crippen LogP contribution >= 0.6 is 15.9 Å². The molecule has 0 amide bonds. The van der Waals surface area contributed by atoms with Crippen molar-refractivity contribution in [2.75, 3.05) is 13.2 Å². The smallest absolute Gasteiger partial charge is 0.240 e. The average molecular weight is 350 g/mol. The summed E-state index contributed by atoms with van der Waals surface area (Å²) in [7, 11) is -3.44. The van der Waals surface area contributed by atoms with Crippen LogP contribution in [-0.4, -0.2) is 26.7 Å². The standard InChI is InChI=1S/C13H20BrNO3S/c1-11-6-7-12(14)10-13(11)19(17,18)15-8-4-2-3-5-9-16/h6-7,10,15-16H,2-5,8-9H2,1H3. The highest BCUT2D eigenvalue weighted by atomic mass is 79.9. The van der Waals surface area contributed by atoms with Crippen molar-refractivity contribution in [1.29, 1.82) is 0 Å². The van der Waals surface area contributed by atoms with Gasteiger partial charge in [0.25, 0.3) is 0 Å². The van der Waals surface area contributed by atoms with Crippen molar-refractivity contribution >= 4 is 26.0 Å². The molecule has 0 aliphatic carbocycles. The second kappa shape index (κ2) is 7.99. The van der Waals surface area contributed by atoms with E-state index in [1.807, 2.05) is 6.07 Å². The fraction of sp³-hybridized carbons (Fsp3) is 0.538. The normalized spacial score (nSPS) is 11.7. The Morgan fingerprint density at radius 1 is 1.21 bits per heavy atom. The molecule has 0 bridgehead atoms. The topological polar surface area (TPSA) is 66.4 Å². The van der Waals surface area contributed by atoms with Crippen LogP contribution in [0, 0.1) is 6.92 Å². The molecule has 0 heterocycles. The van der Waals surface area contributed by atoms with E-state index in [1.54, 1.807) is 19.1 Å². The van der Waals surface area contributed by atoms with Gasteiger partial charge in [0, 0.05) is 17.6 Å². The van der Waals surface area contributed by atoms with Gasteiger partial charge in [-0.25, -0.2) is 13.1 Å². The largest absolute Gasteiger partial charge is 0.396 e. The van der Waals surface area contributed by atoms with Crippen molar-refractivity contribution in [2.45, 2.75) is 37.5 Å². The summed E-state index contributed by atoms with van der Waals surface area (Å²) in [6.45, 7) is 2.41. The lowest BCUT2D eigenvalue weighted by atomic mass is 10.2. The molecule has 6 heteroatoms. The number of sulfonamides is 1. The molecule has 0 radical (unpaired) electrons. The summed E-state index contributed by atoms with van der Waals surface area (Å²) in [5, 5.41) is 8.64. The molecule has 4 nitrogen and oxygen atoms in total. The summed E-state index contributed by atoms with van der Waals surface area (Å²) in [4.78, 5) is 0.317. The van der Waals surface area contributed by atoms with Crippen LogP contribution in [0.1, 0.15) is 31.2 Å². The molecule has 1 aromatic rings. The van der Waals surface area contributed by atoms with Gasteiger partial charge in [0.1, 0.15) is 0 Å². The Hall–Kier alpha value is -0.430. The Kier molecular flexibility index (Phi) is 6.99. The molecule has 0 unspecified atom stereocenters. The molecule has 0 aromatic heterocycles. The van der Waals surface area contributed by atoms with Gasteiger partial charge in [-0.15, -0.1) is 0 Å². The average Bonchev–Trinajstić information content (AvgIpc) is 2.36. The fourth-order valence-electron chi connectivity index (χ4n) is 1.74. The van der Waals surface area contributed by atoms with Gasteiger partial charge in [0.2, 0.25) is 10.0 Å². The third kappa shape index (κ3) is 5.60. The lowest BCUT2D eigenvalue weighted by Crippen LogP contribution is -2.25. The lowest BCUT2D eigenvalue weighted by molar-refractivity contribution is 0.282. The van der Waals surface area contributed by atoms with E-state index in [9.17, 15) is 8.42 Å². The minimum Gasteiger partial charge on any atom is -0.396 e. The first-order valence-corrected chi connectivity index (χ1v) is 8.61. The SMILES string of the molecule is Cc1ccc(Br)cc1S(=O)(=O)NCCCCCCO. The Morgan fingerprint density at radius 2 is 1.89 bits per heavy atom. The van der Waals surface area contributed by atoms with Gasteiger partial charge >= 0.3 is 0 Å². The molecule has 0 fully saturated rings. The van der Waals surface area contributed by atoms with E-state index in [4.69, 9.17) is 5.11 Å². The van der Waals surface area contributed by atoms with E-state index < -0.39 is 10.0 Å². The lowest BCUT2D eigenvalue weighted by Gasteiger charge is -2.09. The van der Waals surface area contributed by atoms with Crippen molar-refractivity contribution in [1.82, 2.24) is 4.72 Å². The van der Waals surface area contributed by atoms with E-state index in [2.05, 4.69) is 20.7 Å². The molecule has 1 aromatic carbocycles. The predicted octanol–water partition coefficient (Wildman–Crippen LogP) is 2.59. The van der Waals surface area contributed by atoms with E-state index in [-0.39, 0.29) is 6.61 Å². The molecule has 0 aliphatic rings. The first-order valence-electron chi connectivity index (χ1n) is 6.34. The Balaban J connectivity index is 2.54. The van der Waals surface area contributed by atoms with E-state index in [0.29, 0.717) is 11.4 Å². The predicted molar refractivity (Wildman–Crippen MR) is 79.6 cm³/mol. The molecule has 0 saturated carbocycles. The number of unbranched alkanes of at least 4 members (excludes halogenated alkanes) is 3. The number of aryl methyl sites for hydroxylation is 1. The second-order valence-corrected chi connectivity index (χ2v) is 7.10. The van der Waals surface area contributed by atoms with Gasteiger partial charge < -0.3 is 5.11 Å². The molecular weight excluding hydrogens is 330 g/mol. The third-order valence-electron chi connectivity index (χ3n) is 2.82. The van der Waals surface area contributed by atoms with Crippen LogP contribution in [0.4, 0.5) is 0 Å². The third-order valence-corrected chi connectivity index (χ3v) is 4.91. The number of benzene rings is 1. The number of hydrogen-bond acceptors (Lipinski definition) is 3. The summed E-state index contributed by atoms with van der Waals surface area (Å²) in [6.07, 6.45) is 3.40. The van der Waals surface area contributed by atoms with E-state index in [0.717, 1.165) is 35.7 Å². The number of nitrogens with one attached hydrogen (secondary N) is 1. The maximum atomic E-state index is 12.1. The van der Waals surface area contributed by atoms with Gasteiger partial charge in [-0.05, 0) is 37.5 Å². The number of rotatable bonds is 8. The summed E-state index contributed by atoms with van der Waals surface area (Å²) in [5.41, 5.74) is 0.732. The van der Waals surface area contributed by atoms with Gasteiger partial charge in [-0.1, -0.05) is 34.8 Å². The Labute approximate surface area is 123 Å². The quantitative estimate of drug-likeness (QED) is 0.709. The van der Waals surface area contributed by atoms with Gasteiger partial charge in [-0.2, -0.15) is 0 Å². The maximum absolute atomic E-state index is 12.1. The molecular formula is C13H20BrNO3S. The summed E-state index contributed by atoms with van der Waals surface area (Å²) < 4.78 is 27.6. The molecule has 19 heavy (non-hydrogen) atoms. The zero-order chi connectivity index (χ0) is 14.3. The molecule has 1 rings (SSSR count). The first kappa shape index (κ1) is 16.6. The molecule has 2 N–H and O–H groups in total. The zero-order valence-electron chi connectivity index (χ0n) is 11.0. The van der Waals surface area contributed by atoms with Crippen molar-refractivity contribution in [3.63, 3.8) is 0 Å². The van der Waals surface area contributed by atoms with Crippen molar-refractivity contribution in [3.05, 3.63) is 28.2 Å². The summed E-state index contributed by atoms with van der Waals surface area (Å²) in [5.74, 6) is 0.